The highest BCUT2D eigenvalue weighted by molar-refractivity contribution is 5.72. The molecule has 0 spiro atoms. The average molecular weight is 176 g/mol. The van der Waals surface area contributed by atoms with Gasteiger partial charge in [0.05, 0.1) is 0 Å². The van der Waals surface area contributed by atoms with Gasteiger partial charge in [0.2, 0.25) is 0 Å². The summed E-state index contributed by atoms with van der Waals surface area (Å²) < 4.78 is 0. The standard InChI is InChI=1S/C3H6O.2C3H8.C2H6/c1-3(2)4;2*1-3-2;1-2/h1-2H3;2*3H2,1-2H3;1-2H3. The molecule has 1 heteroatoms. The van der Waals surface area contributed by atoms with Crippen molar-refractivity contribution < 1.29 is 4.79 Å². The Morgan fingerprint density at radius 2 is 0.833 bits per heavy atom. The summed E-state index contributed by atoms with van der Waals surface area (Å²) in [4.78, 5) is 9.44. The summed E-state index contributed by atoms with van der Waals surface area (Å²) in [6.07, 6.45) is 2.50. The molecule has 0 rings (SSSR count). The molecule has 0 aliphatic carbocycles. The van der Waals surface area contributed by atoms with Crippen molar-refractivity contribution in [3.63, 3.8) is 0 Å². The van der Waals surface area contributed by atoms with Gasteiger partial charge in [-0.25, -0.2) is 0 Å². The molecule has 0 saturated heterocycles. The van der Waals surface area contributed by atoms with E-state index in [0.717, 1.165) is 0 Å². The molecule has 0 N–H and O–H groups in total. The Kier molecular flexibility index (Phi) is 86.1. The van der Waals surface area contributed by atoms with Gasteiger partial charge in [0.25, 0.3) is 0 Å². The topological polar surface area (TPSA) is 17.1 Å². The van der Waals surface area contributed by atoms with E-state index in [9.17, 15) is 4.79 Å². The van der Waals surface area contributed by atoms with Crippen LogP contribution in [0.15, 0.2) is 0 Å². The second-order valence-electron chi connectivity index (χ2n) is 2.32. The first kappa shape index (κ1) is 22.6. The number of Topliss-reactive ketones (excluding diaryl/α,β-unsaturated/α-hetero) is 1. The van der Waals surface area contributed by atoms with Crippen molar-refractivity contribution in [2.75, 3.05) is 0 Å². The van der Waals surface area contributed by atoms with Crippen LogP contribution in [0, 0.1) is 0 Å². The van der Waals surface area contributed by atoms with Crippen LogP contribution in [0.1, 0.15) is 68.2 Å². The Morgan fingerprint density at radius 1 is 0.833 bits per heavy atom. The minimum atomic E-state index is 0.167. The minimum Gasteiger partial charge on any atom is -0.300 e. The zero-order chi connectivity index (χ0) is 11.0. The van der Waals surface area contributed by atoms with Gasteiger partial charge in [0.15, 0.2) is 0 Å². The lowest BCUT2D eigenvalue weighted by Crippen LogP contribution is -1.69. The van der Waals surface area contributed by atoms with E-state index in [2.05, 4.69) is 27.7 Å². The first-order valence-corrected chi connectivity index (χ1v) is 5.03. The van der Waals surface area contributed by atoms with E-state index < -0.39 is 0 Å². The normalized spacial score (nSPS) is 5.67. The van der Waals surface area contributed by atoms with Crippen molar-refractivity contribution in [1.82, 2.24) is 0 Å². The molecule has 0 atom stereocenters. The van der Waals surface area contributed by atoms with E-state index >= 15 is 0 Å². The van der Waals surface area contributed by atoms with Crippen LogP contribution in [-0.2, 0) is 4.79 Å². The minimum absolute atomic E-state index is 0.167. The quantitative estimate of drug-likeness (QED) is 0.533. The Balaban J connectivity index is -0.0000000368. The molecule has 0 saturated carbocycles. The lowest BCUT2D eigenvalue weighted by Gasteiger charge is -1.56. The molecule has 0 aromatic heterocycles. The molecule has 0 amide bonds. The largest absolute Gasteiger partial charge is 0.300 e. The van der Waals surface area contributed by atoms with Crippen LogP contribution in [0.4, 0.5) is 0 Å². The monoisotopic (exact) mass is 176 g/mol. The Hall–Kier alpha value is -0.330. The Labute approximate surface area is 79.6 Å². The maximum Gasteiger partial charge on any atom is 0.126 e. The number of hydrogen-bond acceptors (Lipinski definition) is 1. The number of carbonyl (C=O) groups excluding carboxylic acids is 1. The molecule has 0 fully saturated rings. The number of hydrogen-bond donors (Lipinski definition) is 0. The number of carbonyl (C=O) groups is 1. The lowest BCUT2D eigenvalue weighted by atomic mass is 10.6. The lowest BCUT2D eigenvalue weighted by molar-refractivity contribution is -0.114. The molecule has 0 heterocycles. The van der Waals surface area contributed by atoms with Crippen LogP contribution in [0.5, 0.6) is 0 Å². The van der Waals surface area contributed by atoms with Crippen LogP contribution in [-0.4, -0.2) is 5.78 Å². The van der Waals surface area contributed by atoms with Crippen LogP contribution >= 0.6 is 0 Å². The van der Waals surface area contributed by atoms with Crippen LogP contribution in [0.3, 0.4) is 0 Å². The van der Waals surface area contributed by atoms with Gasteiger partial charge < -0.3 is 4.79 Å². The fourth-order valence-corrected chi connectivity index (χ4v) is 0. The van der Waals surface area contributed by atoms with Crippen molar-refractivity contribution in [1.29, 1.82) is 0 Å². The summed E-state index contributed by atoms with van der Waals surface area (Å²) in [7, 11) is 0. The summed E-state index contributed by atoms with van der Waals surface area (Å²) in [5.41, 5.74) is 0. The number of ketones is 1. The zero-order valence-electron chi connectivity index (χ0n) is 10.3. The smallest absolute Gasteiger partial charge is 0.126 e. The van der Waals surface area contributed by atoms with Gasteiger partial charge in [-0.1, -0.05) is 54.4 Å². The Bertz CT molecular complexity index is 43.0. The third-order valence-electron chi connectivity index (χ3n) is 0. The fourth-order valence-electron chi connectivity index (χ4n) is 0. The van der Waals surface area contributed by atoms with Gasteiger partial charge in [-0.15, -0.1) is 0 Å². The van der Waals surface area contributed by atoms with Crippen molar-refractivity contribution in [2.24, 2.45) is 0 Å². The highest BCUT2D eigenvalue weighted by Gasteiger charge is 1.62. The van der Waals surface area contributed by atoms with Crippen LogP contribution < -0.4 is 0 Å². The van der Waals surface area contributed by atoms with Crippen molar-refractivity contribution >= 4 is 5.78 Å². The number of rotatable bonds is 0. The first-order valence-electron chi connectivity index (χ1n) is 5.03. The van der Waals surface area contributed by atoms with E-state index in [-0.39, 0.29) is 5.78 Å². The highest BCUT2D eigenvalue weighted by Crippen LogP contribution is 1.56. The third kappa shape index (κ3) is 6670. The van der Waals surface area contributed by atoms with Crippen molar-refractivity contribution in [3.8, 4) is 0 Å². The summed E-state index contributed by atoms with van der Waals surface area (Å²) in [5.74, 6) is 0.167. The van der Waals surface area contributed by atoms with Gasteiger partial charge in [-0.2, -0.15) is 0 Å². The first-order chi connectivity index (χ1) is 5.56. The highest BCUT2D eigenvalue weighted by atomic mass is 16.1. The fraction of sp³-hybridized carbons (Fsp3) is 0.909. The molecule has 0 aliphatic heterocycles. The molecule has 1 nitrogen and oxygen atoms in total. The van der Waals surface area contributed by atoms with E-state index in [0.29, 0.717) is 0 Å². The molecular weight excluding hydrogens is 148 g/mol. The molecule has 0 aliphatic rings. The maximum atomic E-state index is 9.44. The molecule has 0 radical (unpaired) electrons. The third-order valence-corrected chi connectivity index (χ3v) is 0. The van der Waals surface area contributed by atoms with Crippen LogP contribution in [0.2, 0.25) is 0 Å². The predicted molar refractivity (Wildman–Crippen MR) is 59.6 cm³/mol. The SMILES string of the molecule is CC.CC(C)=O.CCC.CCC. The molecule has 0 aromatic carbocycles. The van der Waals surface area contributed by atoms with E-state index in [4.69, 9.17) is 0 Å². The summed E-state index contributed by atoms with van der Waals surface area (Å²) in [6.45, 7) is 15.6. The van der Waals surface area contributed by atoms with E-state index in [1.54, 1.807) is 0 Å². The second kappa shape index (κ2) is 45.7. The van der Waals surface area contributed by atoms with Gasteiger partial charge in [0.1, 0.15) is 5.78 Å². The summed E-state index contributed by atoms with van der Waals surface area (Å²) in [5, 5.41) is 0. The Morgan fingerprint density at radius 3 is 0.833 bits per heavy atom. The summed E-state index contributed by atoms with van der Waals surface area (Å²) in [6, 6.07) is 0. The molecule has 78 valence electrons. The predicted octanol–water partition coefficient (Wildman–Crippen LogP) is 4.45. The van der Waals surface area contributed by atoms with Gasteiger partial charge in [-0.3, -0.25) is 0 Å². The van der Waals surface area contributed by atoms with Crippen molar-refractivity contribution in [3.05, 3.63) is 0 Å². The maximum absolute atomic E-state index is 9.44. The molecule has 0 unspecified atom stereocenters. The van der Waals surface area contributed by atoms with Gasteiger partial charge in [0, 0.05) is 0 Å². The molecule has 0 aromatic rings. The molecular formula is C11H28O. The molecule has 0 bridgehead atoms. The van der Waals surface area contributed by atoms with Gasteiger partial charge >= 0.3 is 0 Å². The van der Waals surface area contributed by atoms with E-state index in [1.807, 2.05) is 13.8 Å². The van der Waals surface area contributed by atoms with Crippen LogP contribution in [0.25, 0.3) is 0 Å². The molecule has 12 heavy (non-hydrogen) atoms. The van der Waals surface area contributed by atoms with E-state index in [1.165, 1.54) is 26.7 Å². The zero-order valence-corrected chi connectivity index (χ0v) is 10.3. The van der Waals surface area contributed by atoms with Crippen molar-refractivity contribution in [2.45, 2.75) is 68.2 Å². The average Bonchev–Trinajstić information content (AvgIpc) is 1.92. The summed E-state index contributed by atoms with van der Waals surface area (Å²) >= 11 is 0. The second-order valence-corrected chi connectivity index (χ2v) is 2.32. The van der Waals surface area contributed by atoms with Gasteiger partial charge in [-0.05, 0) is 13.8 Å².